The number of likely N-dealkylation sites (N-methyl/N-ethyl adjacent to an activating group) is 1. The molecule has 2 aromatic heterocycles. The van der Waals surface area contributed by atoms with Crippen molar-refractivity contribution in [2.45, 2.75) is 19.6 Å². The van der Waals surface area contributed by atoms with Crippen LogP contribution in [0.3, 0.4) is 0 Å². The van der Waals surface area contributed by atoms with Crippen LogP contribution in [0.25, 0.3) is 21.8 Å². The highest BCUT2D eigenvalue weighted by Gasteiger charge is 2.16. The summed E-state index contributed by atoms with van der Waals surface area (Å²) in [5, 5.41) is 19.5. The number of aryl methyl sites for hydroxylation is 1. The summed E-state index contributed by atoms with van der Waals surface area (Å²) in [5.74, 6) is 0.826. The van der Waals surface area contributed by atoms with Gasteiger partial charge in [0.1, 0.15) is 5.76 Å². The molecular weight excluding hydrogens is 368 g/mol. The number of fused-ring (bicyclic) bond motifs is 3. The Balaban J connectivity index is 1.42. The Morgan fingerprint density at radius 1 is 1.17 bits per heavy atom. The average molecular weight is 392 g/mol. The molecule has 150 valence electrons. The lowest BCUT2D eigenvalue weighted by molar-refractivity contribution is -0.117. The first-order chi connectivity index (χ1) is 14.0. The van der Waals surface area contributed by atoms with Crippen LogP contribution in [-0.4, -0.2) is 51.9 Å². The van der Waals surface area contributed by atoms with E-state index in [2.05, 4.69) is 39.3 Å². The molecule has 0 bridgehead atoms. The van der Waals surface area contributed by atoms with Gasteiger partial charge in [0.15, 0.2) is 5.82 Å². The van der Waals surface area contributed by atoms with E-state index in [0.717, 1.165) is 11.0 Å². The van der Waals surface area contributed by atoms with Crippen molar-refractivity contribution in [3.63, 3.8) is 0 Å². The van der Waals surface area contributed by atoms with Crippen LogP contribution in [0.2, 0.25) is 0 Å². The molecule has 0 saturated carbocycles. The molecule has 2 aromatic carbocycles. The number of anilines is 1. The topological polar surface area (TPSA) is 83.5 Å². The maximum Gasteiger partial charge on any atom is 0.239 e. The second-order valence-electron chi connectivity index (χ2n) is 7.37. The lowest BCUT2D eigenvalue weighted by atomic mass is 10.2. The molecule has 0 aliphatic carbocycles. The Morgan fingerprint density at radius 3 is 2.38 bits per heavy atom. The highest BCUT2D eigenvalue weighted by Crippen LogP contribution is 2.28. The van der Waals surface area contributed by atoms with Gasteiger partial charge in [-0.05, 0) is 26.1 Å². The van der Waals surface area contributed by atoms with Crippen LogP contribution >= 0.6 is 0 Å². The van der Waals surface area contributed by atoms with Gasteiger partial charge in [-0.1, -0.05) is 41.6 Å². The number of hydrogen-bond acceptors (Lipinski definition) is 5. The number of carbonyl (C=O) groups excluding carboxylic acids is 1. The van der Waals surface area contributed by atoms with Gasteiger partial charge in [-0.3, -0.25) is 9.69 Å². The zero-order valence-electron chi connectivity index (χ0n) is 16.5. The van der Waals surface area contributed by atoms with Crippen LogP contribution in [0, 0.1) is 6.92 Å². The average Bonchev–Trinajstić information content (AvgIpc) is 3.23. The van der Waals surface area contributed by atoms with Crippen LogP contribution in [0.15, 0.2) is 59.1 Å². The predicted octanol–water partition coefficient (Wildman–Crippen LogP) is 3.02. The largest absolute Gasteiger partial charge is 0.390 e. The first-order valence-electron chi connectivity index (χ1n) is 9.57. The second-order valence-corrected chi connectivity index (χ2v) is 7.37. The van der Waals surface area contributed by atoms with E-state index < -0.39 is 6.10 Å². The Hall–Kier alpha value is -3.16. The van der Waals surface area contributed by atoms with Crippen molar-refractivity contribution in [1.82, 2.24) is 14.6 Å². The molecule has 2 heterocycles. The molecule has 0 spiro atoms. The molecule has 0 aliphatic heterocycles. The fraction of sp³-hybridized carbons (Fsp3) is 0.273. The van der Waals surface area contributed by atoms with Crippen molar-refractivity contribution >= 4 is 33.5 Å². The molecule has 0 radical (unpaired) electrons. The van der Waals surface area contributed by atoms with E-state index in [4.69, 9.17) is 4.52 Å². The summed E-state index contributed by atoms with van der Waals surface area (Å²) in [6.07, 6.45) is -0.624. The fourth-order valence-electron chi connectivity index (χ4n) is 3.75. The van der Waals surface area contributed by atoms with Crippen molar-refractivity contribution in [2.24, 2.45) is 0 Å². The van der Waals surface area contributed by atoms with Gasteiger partial charge in [0.25, 0.3) is 0 Å². The Morgan fingerprint density at radius 2 is 1.79 bits per heavy atom. The van der Waals surface area contributed by atoms with Gasteiger partial charge in [0.05, 0.1) is 19.2 Å². The summed E-state index contributed by atoms with van der Waals surface area (Å²) in [6, 6.07) is 18.1. The van der Waals surface area contributed by atoms with Gasteiger partial charge >= 0.3 is 0 Å². The minimum Gasteiger partial charge on any atom is -0.390 e. The van der Waals surface area contributed by atoms with E-state index >= 15 is 0 Å². The first kappa shape index (κ1) is 19.2. The smallest absolute Gasteiger partial charge is 0.239 e. The molecule has 0 unspecified atom stereocenters. The number of aliphatic hydroxyl groups is 1. The van der Waals surface area contributed by atoms with E-state index in [1.54, 1.807) is 17.9 Å². The molecule has 4 rings (SSSR count). The number of hydrogen-bond donors (Lipinski definition) is 2. The molecule has 1 amide bonds. The Kier molecular flexibility index (Phi) is 5.33. The molecule has 0 fully saturated rings. The van der Waals surface area contributed by atoms with Crippen LogP contribution < -0.4 is 5.32 Å². The molecule has 7 nitrogen and oxygen atoms in total. The molecule has 0 aliphatic rings. The molecule has 4 aromatic rings. The summed E-state index contributed by atoms with van der Waals surface area (Å²) < 4.78 is 7.08. The number of para-hydroxylation sites is 2. The van der Waals surface area contributed by atoms with Gasteiger partial charge in [-0.15, -0.1) is 0 Å². The maximum absolute atomic E-state index is 12.2. The summed E-state index contributed by atoms with van der Waals surface area (Å²) in [5.41, 5.74) is 2.18. The molecule has 7 heteroatoms. The number of carbonyl (C=O) groups is 1. The quantitative estimate of drug-likeness (QED) is 0.505. The third-order valence-corrected chi connectivity index (χ3v) is 4.90. The Labute approximate surface area is 168 Å². The van der Waals surface area contributed by atoms with Crippen molar-refractivity contribution < 1.29 is 14.4 Å². The highest BCUT2D eigenvalue weighted by atomic mass is 16.5. The number of amides is 1. The third kappa shape index (κ3) is 4.16. The number of aromatic nitrogens is 2. The van der Waals surface area contributed by atoms with Crippen molar-refractivity contribution in [3.8, 4) is 0 Å². The van der Waals surface area contributed by atoms with Crippen molar-refractivity contribution in [3.05, 3.63) is 60.4 Å². The van der Waals surface area contributed by atoms with E-state index in [1.165, 1.54) is 10.8 Å². The number of nitrogens with one attached hydrogen (secondary N) is 1. The normalized spacial score (nSPS) is 12.7. The molecule has 1 atom stereocenters. The van der Waals surface area contributed by atoms with Crippen molar-refractivity contribution in [2.75, 3.05) is 25.5 Å². The zero-order chi connectivity index (χ0) is 20.4. The number of aliphatic hydroxyl groups excluding tert-OH is 1. The standard InChI is InChI=1S/C22H24N4O3/c1-15-11-21(24-29-15)23-22(28)14-25(2)12-16(27)13-26-19-9-5-3-7-17(19)18-8-4-6-10-20(18)26/h3-11,16,27H,12-14H2,1-2H3,(H,23,24,28)/t16-/m1/s1. The number of nitrogens with zero attached hydrogens (tertiary/aromatic N) is 3. The minimum absolute atomic E-state index is 0.149. The monoisotopic (exact) mass is 392 g/mol. The SMILES string of the molecule is Cc1cc(NC(=O)CN(C)C[C@@H](O)Cn2c3ccccc3c3ccccc32)no1. The molecular formula is C22H24N4O3. The summed E-state index contributed by atoms with van der Waals surface area (Å²) in [6.45, 7) is 2.73. The van der Waals surface area contributed by atoms with Crippen molar-refractivity contribution in [1.29, 1.82) is 0 Å². The minimum atomic E-state index is -0.624. The molecule has 29 heavy (non-hydrogen) atoms. The lowest BCUT2D eigenvalue weighted by Gasteiger charge is -2.21. The molecule has 2 N–H and O–H groups in total. The summed E-state index contributed by atoms with van der Waals surface area (Å²) >= 11 is 0. The molecule has 0 saturated heterocycles. The van der Waals surface area contributed by atoms with E-state index in [0.29, 0.717) is 24.7 Å². The first-order valence-corrected chi connectivity index (χ1v) is 9.57. The van der Waals surface area contributed by atoms with Crippen LogP contribution in [0.4, 0.5) is 5.82 Å². The number of rotatable bonds is 7. The van der Waals surface area contributed by atoms with Gasteiger partial charge in [0, 0.05) is 34.4 Å². The van der Waals surface area contributed by atoms with E-state index in [-0.39, 0.29) is 12.5 Å². The fourth-order valence-corrected chi connectivity index (χ4v) is 3.75. The summed E-state index contributed by atoms with van der Waals surface area (Å²) in [4.78, 5) is 14.0. The van der Waals surface area contributed by atoms with Crippen LogP contribution in [0.5, 0.6) is 0 Å². The van der Waals surface area contributed by atoms with Crippen LogP contribution in [-0.2, 0) is 11.3 Å². The van der Waals surface area contributed by atoms with Gasteiger partial charge in [-0.2, -0.15) is 0 Å². The third-order valence-electron chi connectivity index (χ3n) is 4.90. The summed E-state index contributed by atoms with van der Waals surface area (Å²) in [7, 11) is 1.81. The maximum atomic E-state index is 12.2. The van der Waals surface area contributed by atoms with E-state index in [9.17, 15) is 9.90 Å². The lowest BCUT2D eigenvalue weighted by Crippen LogP contribution is -2.37. The van der Waals surface area contributed by atoms with Gasteiger partial charge in [0.2, 0.25) is 5.91 Å². The van der Waals surface area contributed by atoms with Gasteiger partial charge in [-0.25, -0.2) is 0 Å². The van der Waals surface area contributed by atoms with E-state index in [1.807, 2.05) is 31.3 Å². The highest BCUT2D eigenvalue weighted by molar-refractivity contribution is 6.07. The van der Waals surface area contributed by atoms with Gasteiger partial charge < -0.3 is 19.5 Å². The Bertz CT molecular complexity index is 1090. The number of benzene rings is 2. The second kappa shape index (κ2) is 8.06. The predicted molar refractivity (Wildman–Crippen MR) is 113 cm³/mol. The zero-order valence-corrected chi connectivity index (χ0v) is 16.5. The van der Waals surface area contributed by atoms with Crippen LogP contribution in [0.1, 0.15) is 5.76 Å².